The fourth-order valence-corrected chi connectivity index (χ4v) is 0.633. The van der Waals surface area contributed by atoms with Gasteiger partial charge in [0.1, 0.15) is 0 Å². The highest BCUT2D eigenvalue weighted by molar-refractivity contribution is 5.73. The van der Waals surface area contributed by atoms with Gasteiger partial charge in [-0.1, -0.05) is 0 Å². The number of rotatable bonds is 5. The molecule has 0 aliphatic heterocycles. The first-order valence-electron chi connectivity index (χ1n) is 3.33. The minimum atomic E-state index is -0.260. The summed E-state index contributed by atoms with van der Waals surface area (Å²) < 4.78 is 0. The molecule has 0 aromatic rings. The third-order valence-corrected chi connectivity index (χ3v) is 1.25. The Morgan fingerprint density at radius 1 is 1.50 bits per heavy atom. The van der Waals surface area contributed by atoms with Gasteiger partial charge in [0.15, 0.2) is 0 Å². The van der Waals surface area contributed by atoms with E-state index in [-0.39, 0.29) is 5.91 Å². The zero-order valence-corrected chi connectivity index (χ0v) is 6.34. The molecular weight excluding hydrogens is 130 g/mol. The van der Waals surface area contributed by atoms with Crippen molar-refractivity contribution in [3.8, 4) is 0 Å². The molecule has 4 heteroatoms. The summed E-state index contributed by atoms with van der Waals surface area (Å²) in [5.74, 6) is -0.260. The van der Waals surface area contributed by atoms with Crippen LogP contribution in [0.3, 0.4) is 0 Å². The first-order chi connectivity index (χ1) is 4.66. The molecule has 0 aliphatic carbocycles. The van der Waals surface area contributed by atoms with Crippen LogP contribution in [-0.4, -0.2) is 37.5 Å². The van der Waals surface area contributed by atoms with Crippen LogP contribution in [0.15, 0.2) is 0 Å². The molecule has 0 spiro atoms. The van der Waals surface area contributed by atoms with E-state index >= 15 is 0 Å². The summed E-state index contributed by atoms with van der Waals surface area (Å²) in [7, 11) is 1.91. The summed E-state index contributed by atoms with van der Waals surface area (Å²) in [6, 6.07) is 0. The quantitative estimate of drug-likeness (QED) is 0.508. The van der Waals surface area contributed by atoms with E-state index in [1.165, 1.54) is 0 Å². The first kappa shape index (κ1) is 9.39. The standard InChI is InChI=1S/C6H15N3O/c1-9(5-3-7)4-2-6(8)10/h2-5,7H2,1H3,(H2,8,10). The highest BCUT2D eigenvalue weighted by atomic mass is 16.1. The molecule has 0 radical (unpaired) electrons. The number of hydrogen-bond donors (Lipinski definition) is 2. The Balaban J connectivity index is 3.21. The molecule has 0 bridgehead atoms. The van der Waals surface area contributed by atoms with Gasteiger partial charge in [-0.3, -0.25) is 4.79 Å². The van der Waals surface area contributed by atoms with Gasteiger partial charge < -0.3 is 16.4 Å². The highest BCUT2D eigenvalue weighted by Crippen LogP contribution is 1.83. The fourth-order valence-electron chi connectivity index (χ4n) is 0.633. The largest absolute Gasteiger partial charge is 0.370 e. The van der Waals surface area contributed by atoms with Crippen molar-refractivity contribution in [3.05, 3.63) is 0 Å². The van der Waals surface area contributed by atoms with E-state index in [9.17, 15) is 4.79 Å². The zero-order chi connectivity index (χ0) is 7.98. The van der Waals surface area contributed by atoms with Gasteiger partial charge in [-0.2, -0.15) is 0 Å². The summed E-state index contributed by atoms with van der Waals surface area (Å²) in [5, 5.41) is 0. The average Bonchev–Trinajstić information content (AvgIpc) is 1.85. The summed E-state index contributed by atoms with van der Waals surface area (Å²) >= 11 is 0. The fraction of sp³-hybridized carbons (Fsp3) is 0.833. The lowest BCUT2D eigenvalue weighted by molar-refractivity contribution is -0.118. The van der Waals surface area contributed by atoms with E-state index < -0.39 is 0 Å². The van der Waals surface area contributed by atoms with Crippen molar-refractivity contribution in [2.75, 3.05) is 26.7 Å². The van der Waals surface area contributed by atoms with Gasteiger partial charge in [-0.25, -0.2) is 0 Å². The van der Waals surface area contributed by atoms with E-state index in [0.29, 0.717) is 19.5 Å². The van der Waals surface area contributed by atoms with Crippen molar-refractivity contribution >= 4 is 5.91 Å². The topological polar surface area (TPSA) is 72.3 Å². The van der Waals surface area contributed by atoms with E-state index in [1.807, 2.05) is 11.9 Å². The summed E-state index contributed by atoms with van der Waals surface area (Å²) in [6.45, 7) is 2.13. The molecule has 4 N–H and O–H groups in total. The van der Waals surface area contributed by atoms with Gasteiger partial charge >= 0.3 is 0 Å². The molecule has 0 saturated carbocycles. The Morgan fingerprint density at radius 3 is 2.50 bits per heavy atom. The lowest BCUT2D eigenvalue weighted by atomic mass is 10.4. The highest BCUT2D eigenvalue weighted by Gasteiger charge is 1.98. The third kappa shape index (κ3) is 5.53. The molecule has 0 aromatic heterocycles. The van der Waals surface area contributed by atoms with Crippen LogP contribution in [0.25, 0.3) is 0 Å². The minimum Gasteiger partial charge on any atom is -0.370 e. The Hall–Kier alpha value is -0.610. The van der Waals surface area contributed by atoms with Gasteiger partial charge in [-0.15, -0.1) is 0 Å². The Morgan fingerprint density at radius 2 is 2.10 bits per heavy atom. The third-order valence-electron chi connectivity index (χ3n) is 1.25. The number of carbonyl (C=O) groups excluding carboxylic acids is 1. The number of amides is 1. The number of hydrogen-bond acceptors (Lipinski definition) is 3. The van der Waals surface area contributed by atoms with Crippen molar-refractivity contribution in [3.63, 3.8) is 0 Å². The van der Waals surface area contributed by atoms with Gasteiger partial charge in [0.25, 0.3) is 0 Å². The number of primary amides is 1. The van der Waals surface area contributed by atoms with Crippen molar-refractivity contribution in [2.24, 2.45) is 11.5 Å². The number of nitrogens with zero attached hydrogens (tertiary/aromatic N) is 1. The molecule has 0 unspecified atom stereocenters. The lowest BCUT2D eigenvalue weighted by Gasteiger charge is -2.13. The maximum Gasteiger partial charge on any atom is 0.218 e. The summed E-state index contributed by atoms with van der Waals surface area (Å²) in [4.78, 5) is 12.2. The van der Waals surface area contributed by atoms with Gasteiger partial charge in [0.05, 0.1) is 0 Å². The lowest BCUT2D eigenvalue weighted by Crippen LogP contribution is -2.29. The normalized spacial score (nSPS) is 10.3. The molecule has 0 rings (SSSR count). The second kappa shape index (κ2) is 5.20. The maximum atomic E-state index is 10.3. The number of carbonyl (C=O) groups is 1. The molecular formula is C6H15N3O. The monoisotopic (exact) mass is 145 g/mol. The van der Waals surface area contributed by atoms with Crippen LogP contribution in [0.5, 0.6) is 0 Å². The van der Waals surface area contributed by atoms with Crippen molar-refractivity contribution in [1.82, 2.24) is 4.90 Å². The molecule has 0 fully saturated rings. The Labute approximate surface area is 61.2 Å². The molecule has 0 atom stereocenters. The molecule has 0 heterocycles. The van der Waals surface area contributed by atoms with E-state index in [1.54, 1.807) is 0 Å². The second-order valence-corrected chi connectivity index (χ2v) is 2.31. The predicted molar refractivity (Wildman–Crippen MR) is 40.4 cm³/mol. The van der Waals surface area contributed by atoms with Crippen LogP contribution in [0.4, 0.5) is 0 Å². The van der Waals surface area contributed by atoms with E-state index in [0.717, 1.165) is 6.54 Å². The molecule has 0 aliphatic rings. The molecule has 0 saturated heterocycles. The van der Waals surface area contributed by atoms with Crippen LogP contribution < -0.4 is 11.5 Å². The first-order valence-corrected chi connectivity index (χ1v) is 3.33. The number of likely N-dealkylation sites (N-methyl/N-ethyl adjacent to an activating group) is 1. The molecule has 60 valence electrons. The smallest absolute Gasteiger partial charge is 0.218 e. The molecule has 0 aromatic carbocycles. The van der Waals surface area contributed by atoms with Crippen LogP contribution in [0.2, 0.25) is 0 Å². The SMILES string of the molecule is CN(CCN)CCC(N)=O. The maximum absolute atomic E-state index is 10.3. The Bertz CT molecular complexity index is 105. The van der Waals surface area contributed by atoms with Crippen LogP contribution >= 0.6 is 0 Å². The van der Waals surface area contributed by atoms with Gasteiger partial charge in [0, 0.05) is 26.1 Å². The summed E-state index contributed by atoms with van der Waals surface area (Å²) in [6.07, 6.45) is 0.413. The minimum absolute atomic E-state index is 0.260. The van der Waals surface area contributed by atoms with E-state index in [2.05, 4.69) is 0 Å². The molecule has 10 heavy (non-hydrogen) atoms. The molecule has 4 nitrogen and oxygen atoms in total. The van der Waals surface area contributed by atoms with Crippen LogP contribution in [0, 0.1) is 0 Å². The molecule has 1 amide bonds. The van der Waals surface area contributed by atoms with Gasteiger partial charge in [0.2, 0.25) is 5.91 Å². The summed E-state index contributed by atoms with van der Waals surface area (Å²) in [5.41, 5.74) is 10.2. The van der Waals surface area contributed by atoms with E-state index in [4.69, 9.17) is 11.5 Å². The van der Waals surface area contributed by atoms with Crippen LogP contribution in [0.1, 0.15) is 6.42 Å². The van der Waals surface area contributed by atoms with Crippen molar-refractivity contribution in [2.45, 2.75) is 6.42 Å². The van der Waals surface area contributed by atoms with Crippen LogP contribution in [-0.2, 0) is 4.79 Å². The zero-order valence-electron chi connectivity index (χ0n) is 6.34. The number of nitrogens with two attached hydrogens (primary N) is 2. The van der Waals surface area contributed by atoms with Gasteiger partial charge in [-0.05, 0) is 7.05 Å². The predicted octanol–water partition coefficient (Wildman–Crippen LogP) is -1.25. The van der Waals surface area contributed by atoms with Crippen molar-refractivity contribution in [1.29, 1.82) is 0 Å². The average molecular weight is 145 g/mol. The second-order valence-electron chi connectivity index (χ2n) is 2.31. The van der Waals surface area contributed by atoms with Crippen molar-refractivity contribution < 1.29 is 4.79 Å². The Kier molecular flexibility index (Phi) is 4.88.